The van der Waals surface area contributed by atoms with E-state index in [0.717, 1.165) is 42.0 Å². The molecule has 1 fully saturated rings. The van der Waals surface area contributed by atoms with Gasteiger partial charge >= 0.3 is 0 Å². The monoisotopic (exact) mass is 645 g/mol. The van der Waals surface area contributed by atoms with E-state index in [4.69, 9.17) is 27.9 Å². The number of benzene rings is 3. The molecule has 1 saturated carbocycles. The highest BCUT2D eigenvalue weighted by molar-refractivity contribution is 7.92. The fourth-order valence-electron chi connectivity index (χ4n) is 5.13. The van der Waals surface area contributed by atoms with Crippen LogP contribution < -0.4 is 14.4 Å². The lowest BCUT2D eigenvalue weighted by Crippen LogP contribution is -2.53. The summed E-state index contributed by atoms with van der Waals surface area (Å²) in [6.07, 6.45) is 5.02. The number of carbonyl (C=O) groups is 2. The van der Waals surface area contributed by atoms with Gasteiger partial charge in [-0.15, -0.1) is 0 Å². The number of rotatable bonds is 12. The van der Waals surface area contributed by atoms with Gasteiger partial charge in [0.05, 0.1) is 17.2 Å². The Morgan fingerprint density at radius 2 is 1.53 bits per heavy atom. The lowest BCUT2D eigenvalue weighted by atomic mass is 9.95. The summed E-state index contributed by atoms with van der Waals surface area (Å²) in [6, 6.07) is 18.6. The van der Waals surface area contributed by atoms with Crippen LogP contribution in [0.3, 0.4) is 0 Å². The van der Waals surface area contributed by atoms with Gasteiger partial charge in [-0.3, -0.25) is 13.9 Å². The fourth-order valence-corrected chi connectivity index (χ4v) is 6.80. The molecule has 0 spiro atoms. The Morgan fingerprint density at radius 1 is 0.930 bits per heavy atom. The molecule has 43 heavy (non-hydrogen) atoms. The van der Waals surface area contributed by atoms with Gasteiger partial charge in [-0.25, -0.2) is 8.42 Å². The predicted octanol–water partition coefficient (Wildman–Crippen LogP) is 6.45. The lowest BCUT2D eigenvalue weighted by Gasteiger charge is -2.33. The second-order valence-electron chi connectivity index (χ2n) is 10.5. The number of carbonyl (C=O) groups excluding carboxylic acids is 2. The zero-order valence-electron chi connectivity index (χ0n) is 24.3. The second kappa shape index (κ2) is 14.9. The fraction of sp³-hybridized carbons (Fsp3) is 0.375. The zero-order chi connectivity index (χ0) is 31.0. The number of para-hydroxylation sites is 2. The van der Waals surface area contributed by atoms with Crippen molar-refractivity contribution < 1.29 is 22.7 Å². The summed E-state index contributed by atoms with van der Waals surface area (Å²) >= 11 is 12.1. The minimum absolute atomic E-state index is 0.0386. The van der Waals surface area contributed by atoms with Crippen molar-refractivity contribution in [3.8, 4) is 5.75 Å². The number of nitrogens with one attached hydrogen (secondary N) is 1. The van der Waals surface area contributed by atoms with Crippen LogP contribution in [0.25, 0.3) is 0 Å². The van der Waals surface area contributed by atoms with E-state index in [0.29, 0.717) is 22.4 Å². The minimum Gasteiger partial charge on any atom is -0.492 e. The molecule has 230 valence electrons. The SMILES string of the molecule is CCOc1ccccc1N(CC(=O)N(Cc1ccc(Cl)cc1)C(C)C(=O)NC1CCCCC1)S(=O)(=O)c1ccc(Cl)cc1. The molecule has 0 aliphatic heterocycles. The Balaban J connectivity index is 1.71. The van der Waals surface area contributed by atoms with Crippen LogP contribution in [0.5, 0.6) is 5.75 Å². The summed E-state index contributed by atoms with van der Waals surface area (Å²) < 4.78 is 35.0. The Morgan fingerprint density at radius 3 is 2.16 bits per heavy atom. The van der Waals surface area contributed by atoms with Crippen LogP contribution in [0.2, 0.25) is 10.0 Å². The quantitative estimate of drug-likeness (QED) is 0.244. The second-order valence-corrected chi connectivity index (χ2v) is 13.3. The molecule has 0 aromatic heterocycles. The Bertz CT molecular complexity index is 1490. The van der Waals surface area contributed by atoms with Gasteiger partial charge in [0, 0.05) is 22.6 Å². The number of sulfonamides is 1. The first-order chi connectivity index (χ1) is 20.6. The third kappa shape index (κ3) is 8.43. The number of ether oxygens (including phenoxy) is 1. The van der Waals surface area contributed by atoms with Crippen LogP contribution in [0.1, 0.15) is 51.5 Å². The first kappa shape index (κ1) is 32.6. The van der Waals surface area contributed by atoms with Crippen LogP contribution in [-0.4, -0.2) is 50.4 Å². The Labute approximate surface area is 264 Å². The van der Waals surface area contributed by atoms with Gasteiger partial charge in [-0.2, -0.15) is 0 Å². The van der Waals surface area contributed by atoms with Crippen LogP contribution >= 0.6 is 23.2 Å². The highest BCUT2D eigenvalue weighted by Gasteiger charge is 2.34. The topological polar surface area (TPSA) is 96.0 Å². The molecule has 1 aliphatic carbocycles. The third-order valence-electron chi connectivity index (χ3n) is 7.50. The van der Waals surface area contributed by atoms with Crippen molar-refractivity contribution in [2.24, 2.45) is 0 Å². The van der Waals surface area contributed by atoms with Gasteiger partial charge in [-0.1, -0.05) is 66.7 Å². The van der Waals surface area contributed by atoms with Gasteiger partial charge in [0.15, 0.2) is 0 Å². The van der Waals surface area contributed by atoms with E-state index in [-0.39, 0.29) is 29.1 Å². The summed E-state index contributed by atoms with van der Waals surface area (Å²) in [5, 5.41) is 4.02. The normalized spacial score (nSPS) is 14.5. The number of nitrogens with zero attached hydrogens (tertiary/aromatic N) is 2. The van der Waals surface area contributed by atoms with Crippen molar-refractivity contribution in [2.45, 2.75) is 69.5 Å². The van der Waals surface area contributed by atoms with E-state index in [1.54, 1.807) is 62.4 Å². The summed E-state index contributed by atoms with van der Waals surface area (Å²) in [7, 11) is -4.26. The van der Waals surface area contributed by atoms with E-state index < -0.39 is 28.5 Å². The summed E-state index contributed by atoms with van der Waals surface area (Å²) in [6.45, 7) is 3.26. The van der Waals surface area contributed by atoms with Crippen LogP contribution in [0.15, 0.2) is 77.7 Å². The molecule has 1 N–H and O–H groups in total. The van der Waals surface area contributed by atoms with Gasteiger partial charge in [0.25, 0.3) is 10.0 Å². The number of amides is 2. The first-order valence-electron chi connectivity index (χ1n) is 14.4. The molecule has 1 atom stereocenters. The third-order valence-corrected chi connectivity index (χ3v) is 9.78. The highest BCUT2D eigenvalue weighted by atomic mass is 35.5. The first-order valence-corrected chi connectivity index (χ1v) is 16.6. The van der Waals surface area contributed by atoms with Gasteiger partial charge in [0.2, 0.25) is 11.8 Å². The maximum atomic E-state index is 14.2. The van der Waals surface area contributed by atoms with E-state index in [2.05, 4.69) is 5.32 Å². The number of halogens is 2. The van der Waals surface area contributed by atoms with Gasteiger partial charge in [0.1, 0.15) is 18.3 Å². The molecule has 0 radical (unpaired) electrons. The number of anilines is 1. The Hall–Kier alpha value is -3.27. The molecule has 0 bridgehead atoms. The van der Waals surface area contributed by atoms with E-state index in [9.17, 15) is 18.0 Å². The smallest absolute Gasteiger partial charge is 0.264 e. The lowest BCUT2D eigenvalue weighted by molar-refractivity contribution is -0.139. The summed E-state index contributed by atoms with van der Waals surface area (Å²) in [5.41, 5.74) is 0.954. The standard InChI is InChI=1S/C32H37Cl2N3O5S/c1-3-42-30-12-8-7-11-29(30)37(43(40,41)28-19-17-26(34)18-20-28)22-31(38)36(21-24-13-15-25(33)16-14-24)23(2)32(39)35-27-9-5-4-6-10-27/h7-8,11-20,23,27H,3-6,9-10,21-22H2,1-2H3,(H,35,39). The molecule has 4 rings (SSSR count). The molecule has 3 aromatic rings. The molecule has 2 amide bonds. The molecule has 11 heteroatoms. The highest BCUT2D eigenvalue weighted by Crippen LogP contribution is 2.33. The van der Waals surface area contributed by atoms with Crippen molar-refractivity contribution in [1.82, 2.24) is 10.2 Å². The number of hydrogen-bond acceptors (Lipinski definition) is 5. The van der Waals surface area contributed by atoms with Gasteiger partial charge in [-0.05, 0) is 80.8 Å². The van der Waals surface area contributed by atoms with Crippen LogP contribution in [0, 0.1) is 0 Å². The van der Waals surface area contributed by atoms with Crippen molar-refractivity contribution in [3.63, 3.8) is 0 Å². The van der Waals surface area contributed by atoms with E-state index >= 15 is 0 Å². The zero-order valence-corrected chi connectivity index (χ0v) is 26.7. The van der Waals surface area contributed by atoms with Crippen molar-refractivity contribution >= 4 is 50.7 Å². The average Bonchev–Trinajstić information content (AvgIpc) is 3.00. The summed E-state index contributed by atoms with van der Waals surface area (Å²) in [4.78, 5) is 29.0. The molecule has 3 aromatic carbocycles. The Kier molecular flexibility index (Phi) is 11.3. The van der Waals surface area contributed by atoms with Crippen LogP contribution in [0.4, 0.5) is 5.69 Å². The largest absolute Gasteiger partial charge is 0.492 e. The molecule has 1 aliphatic rings. The van der Waals surface area contributed by atoms with Crippen molar-refractivity contribution in [1.29, 1.82) is 0 Å². The molecule has 1 unspecified atom stereocenters. The molecular formula is C32H37Cl2N3O5S. The van der Waals surface area contributed by atoms with Crippen molar-refractivity contribution in [2.75, 3.05) is 17.5 Å². The van der Waals surface area contributed by atoms with Crippen LogP contribution in [-0.2, 0) is 26.2 Å². The number of hydrogen-bond donors (Lipinski definition) is 1. The van der Waals surface area contributed by atoms with E-state index in [1.165, 1.54) is 29.2 Å². The molecular weight excluding hydrogens is 609 g/mol. The predicted molar refractivity (Wildman–Crippen MR) is 170 cm³/mol. The van der Waals surface area contributed by atoms with Crippen molar-refractivity contribution in [3.05, 3.63) is 88.4 Å². The minimum atomic E-state index is -4.26. The maximum absolute atomic E-state index is 14.2. The van der Waals surface area contributed by atoms with E-state index in [1.807, 2.05) is 0 Å². The summed E-state index contributed by atoms with van der Waals surface area (Å²) in [5.74, 6) is -0.524. The maximum Gasteiger partial charge on any atom is 0.264 e. The molecule has 0 saturated heterocycles. The average molecular weight is 647 g/mol. The van der Waals surface area contributed by atoms with Gasteiger partial charge < -0.3 is 15.0 Å². The molecule has 0 heterocycles. The molecule has 8 nitrogen and oxygen atoms in total.